The number of nitrogens with zero attached hydrogens (tertiary/aromatic N) is 1. The second kappa shape index (κ2) is 10.0. The molecule has 1 aliphatic heterocycles. The Hall–Kier alpha value is -1.85. The lowest BCUT2D eigenvalue weighted by Gasteiger charge is -2.26. The maximum atomic E-state index is 11.2. The van der Waals surface area contributed by atoms with Crippen LogP contribution < -0.4 is 15.7 Å². The Morgan fingerprint density at radius 2 is 1.78 bits per heavy atom. The third-order valence-corrected chi connectivity index (χ3v) is 4.12. The molecule has 0 bridgehead atoms. The molecule has 1 aromatic rings. The molecular weight excluding hydrogens is 290 g/mol. The molecule has 1 amide bonds. The van der Waals surface area contributed by atoms with Crippen molar-refractivity contribution in [2.24, 2.45) is 0 Å². The molecule has 0 atom stereocenters. The van der Waals surface area contributed by atoms with Gasteiger partial charge >= 0.3 is 0 Å². The van der Waals surface area contributed by atoms with Gasteiger partial charge in [-0.15, -0.1) is 0 Å². The molecule has 0 spiro atoms. The van der Waals surface area contributed by atoms with Gasteiger partial charge in [-0.3, -0.25) is 10.0 Å². The molecule has 2 rings (SSSR count). The molecule has 1 heterocycles. The van der Waals surface area contributed by atoms with Crippen molar-refractivity contribution in [3.8, 4) is 0 Å². The lowest BCUT2D eigenvalue weighted by molar-refractivity contribution is -0.124. The lowest BCUT2D eigenvalue weighted by Crippen LogP contribution is -2.26. The van der Waals surface area contributed by atoms with E-state index < -0.39 is 5.91 Å². The van der Waals surface area contributed by atoms with Crippen LogP contribution in [0.2, 0.25) is 0 Å². The van der Waals surface area contributed by atoms with Gasteiger partial charge in [0.15, 0.2) is 0 Å². The number of rotatable bonds is 3. The van der Waals surface area contributed by atoms with Crippen molar-refractivity contribution in [1.82, 2.24) is 10.8 Å². The van der Waals surface area contributed by atoms with Gasteiger partial charge < -0.3 is 10.2 Å². The van der Waals surface area contributed by atoms with Crippen molar-refractivity contribution in [3.05, 3.63) is 35.9 Å². The minimum absolute atomic E-state index is 0.511. The second-order valence-electron chi connectivity index (χ2n) is 5.87. The Labute approximate surface area is 138 Å². The lowest BCUT2D eigenvalue weighted by atomic mass is 10.1. The molecule has 5 heteroatoms. The molecular formula is C18H27N3O2. The fraction of sp³-hybridized carbons (Fsp3) is 0.500. The number of anilines is 1. The first kappa shape index (κ1) is 17.5. The normalized spacial score (nSPS) is 17.7. The van der Waals surface area contributed by atoms with E-state index in [2.05, 4.69) is 16.3 Å². The minimum atomic E-state index is -0.511. The molecule has 0 saturated carbocycles. The fourth-order valence-corrected chi connectivity index (χ4v) is 2.88. The summed E-state index contributed by atoms with van der Waals surface area (Å²) < 4.78 is 0. The summed E-state index contributed by atoms with van der Waals surface area (Å²) in [6.45, 7) is 4.28. The molecule has 0 unspecified atom stereocenters. The van der Waals surface area contributed by atoms with E-state index in [9.17, 15) is 4.79 Å². The van der Waals surface area contributed by atoms with Gasteiger partial charge in [-0.2, -0.15) is 0 Å². The summed E-state index contributed by atoms with van der Waals surface area (Å²) in [6.07, 6.45) is 9.09. The molecule has 0 aromatic heterocycles. The van der Waals surface area contributed by atoms with Crippen molar-refractivity contribution in [2.75, 3.05) is 31.1 Å². The molecule has 23 heavy (non-hydrogen) atoms. The van der Waals surface area contributed by atoms with E-state index in [1.165, 1.54) is 31.8 Å². The van der Waals surface area contributed by atoms with Crippen LogP contribution in [0.25, 0.3) is 6.08 Å². The summed E-state index contributed by atoms with van der Waals surface area (Å²) in [5.74, 6) is -0.511. The maximum Gasteiger partial charge on any atom is 0.267 e. The monoisotopic (exact) mass is 317 g/mol. The number of amides is 1. The van der Waals surface area contributed by atoms with Crippen molar-refractivity contribution >= 4 is 17.7 Å². The Morgan fingerprint density at radius 1 is 1.09 bits per heavy atom. The molecule has 0 aliphatic carbocycles. The van der Waals surface area contributed by atoms with Gasteiger partial charge in [0.2, 0.25) is 0 Å². The third kappa shape index (κ3) is 6.04. The van der Waals surface area contributed by atoms with Crippen LogP contribution in [-0.2, 0) is 4.79 Å². The number of nitrogens with one attached hydrogen (secondary N) is 2. The van der Waals surface area contributed by atoms with Gasteiger partial charge in [0.05, 0.1) is 0 Å². The molecule has 1 aromatic carbocycles. The largest absolute Gasteiger partial charge is 0.371 e. The smallest absolute Gasteiger partial charge is 0.267 e. The zero-order valence-electron chi connectivity index (χ0n) is 13.6. The Balaban J connectivity index is 2.12. The van der Waals surface area contributed by atoms with Gasteiger partial charge in [-0.05, 0) is 56.5 Å². The number of carbonyl (C=O) groups excluding carboxylic acids is 1. The predicted molar refractivity (Wildman–Crippen MR) is 93.6 cm³/mol. The summed E-state index contributed by atoms with van der Waals surface area (Å²) in [7, 11) is 0. The fourth-order valence-electron chi connectivity index (χ4n) is 2.88. The predicted octanol–water partition coefficient (Wildman–Crippen LogP) is 2.57. The van der Waals surface area contributed by atoms with Crippen LogP contribution in [0, 0.1) is 0 Å². The Bertz CT molecular complexity index is 505. The quantitative estimate of drug-likeness (QED) is 0.455. The first-order chi connectivity index (χ1) is 11.3. The average molecular weight is 317 g/mol. The number of benzene rings is 1. The van der Waals surface area contributed by atoms with Crippen molar-refractivity contribution < 1.29 is 10.0 Å². The van der Waals surface area contributed by atoms with Crippen LogP contribution in [0.1, 0.15) is 37.7 Å². The average Bonchev–Trinajstić information content (AvgIpc) is 2.65. The van der Waals surface area contributed by atoms with Crippen molar-refractivity contribution in [2.45, 2.75) is 32.1 Å². The van der Waals surface area contributed by atoms with Crippen LogP contribution in [0.3, 0.4) is 0 Å². The highest BCUT2D eigenvalue weighted by Crippen LogP contribution is 2.23. The Kier molecular flexibility index (Phi) is 7.63. The van der Waals surface area contributed by atoms with Crippen molar-refractivity contribution in [1.29, 1.82) is 0 Å². The highest BCUT2D eigenvalue weighted by atomic mass is 16.5. The number of para-hydroxylation sites is 1. The van der Waals surface area contributed by atoms with Crippen LogP contribution in [-0.4, -0.2) is 37.3 Å². The topological polar surface area (TPSA) is 64.6 Å². The first-order valence-corrected chi connectivity index (χ1v) is 8.48. The molecule has 1 fully saturated rings. The molecule has 126 valence electrons. The van der Waals surface area contributed by atoms with Gasteiger partial charge in [0.25, 0.3) is 5.91 Å². The van der Waals surface area contributed by atoms with Crippen LogP contribution >= 0.6 is 0 Å². The van der Waals surface area contributed by atoms with E-state index >= 15 is 0 Å². The molecule has 1 saturated heterocycles. The molecule has 0 radical (unpaired) electrons. The summed E-state index contributed by atoms with van der Waals surface area (Å²) in [4.78, 5) is 13.6. The van der Waals surface area contributed by atoms with E-state index in [1.807, 2.05) is 18.2 Å². The number of hydrogen-bond acceptors (Lipinski definition) is 4. The number of hydroxylamine groups is 1. The van der Waals surface area contributed by atoms with E-state index in [1.54, 1.807) is 11.6 Å². The number of carbonyl (C=O) groups is 1. The van der Waals surface area contributed by atoms with E-state index in [-0.39, 0.29) is 0 Å². The third-order valence-electron chi connectivity index (χ3n) is 4.12. The van der Waals surface area contributed by atoms with Gasteiger partial charge in [0, 0.05) is 24.9 Å². The highest BCUT2D eigenvalue weighted by molar-refractivity contribution is 5.91. The van der Waals surface area contributed by atoms with Crippen LogP contribution in [0.15, 0.2) is 30.3 Å². The zero-order chi connectivity index (χ0) is 16.3. The zero-order valence-corrected chi connectivity index (χ0v) is 13.6. The van der Waals surface area contributed by atoms with Gasteiger partial charge in [0.1, 0.15) is 0 Å². The van der Waals surface area contributed by atoms with Gasteiger partial charge in [-0.1, -0.05) is 24.6 Å². The van der Waals surface area contributed by atoms with E-state index in [0.29, 0.717) is 0 Å². The van der Waals surface area contributed by atoms with Crippen LogP contribution in [0.4, 0.5) is 5.69 Å². The maximum absolute atomic E-state index is 11.2. The molecule has 1 aliphatic rings. The number of hydrogen-bond donors (Lipinski definition) is 3. The summed E-state index contributed by atoms with van der Waals surface area (Å²) in [6, 6.07) is 8.11. The van der Waals surface area contributed by atoms with Crippen molar-refractivity contribution in [3.63, 3.8) is 0 Å². The Morgan fingerprint density at radius 3 is 2.57 bits per heavy atom. The SMILES string of the molecule is O=C(/C=C/c1ccccc1N1CCCCCNCCCC1)NO. The molecule has 5 nitrogen and oxygen atoms in total. The van der Waals surface area contributed by atoms with Crippen LogP contribution in [0.5, 0.6) is 0 Å². The summed E-state index contributed by atoms with van der Waals surface area (Å²) in [5, 5.41) is 12.1. The first-order valence-electron chi connectivity index (χ1n) is 8.48. The van der Waals surface area contributed by atoms with E-state index in [0.717, 1.165) is 43.9 Å². The second-order valence-corrected chi connectivity index (χ2v) is 5.87. The standard InChI is InChI=1S/C18H27N3O2/c22-18(20-23)11-10-16-8-2-3-9-17(16)21-14-6-1-4-12-19-13-5-7-15-21/h2-3,8-11,19,23H,1,4-7,12-15H2,(H,20,22)/b11-10+. The summed E-state index contributed by atoms with van der Waals surface area (Å²) in [5.41, 5.74) is 3.79. The minimum Gasteiger partial charge on any atom is -0.371 e. The summed E-state index contributed by atoms with van der Waals surface area (Å²) >= 11 is 0. The molecule has 3 N–H and O–H groups in total. The van der Waals surface area contributed by atoms with Gasteiger partial charge in [-0.25, -0.2) is 5.48 Å². The highest BCUT2D eigenvalue weighted by Gasteiger charge is 2.10. The van der Waals surface area contributed by atoms with E-state index in [4.69, 9.17) is 5.21 Å².